The van der Waals surface area contributed by atoms with Crippen molar-refractivity contribution in [2.24, 2.45) is 5.92 Å². The van der Waals surface area contributed by atoms with Gasteiger partial charge in [-0.15, -0.1) is 0 Å². The average molecular weight is 412 g/mol. The Hall–Kier alpha value is -2.73. The van der Waals surface area contributed by atoms with E-state index >= 15 is 0 Å². The second kappa shape index (κ2) is 6.71. The van der Waals surface area contributed by atoms with Crippen molar-refractivity contribution in [1.29, 1.82) is 0 Å². The number of hydrogen-bond acceptors (Lipinski definition) is 4. The molecule has 0 N–H and O–H groups in total. The second-order valence-electron chi connectivity index (χ2n) is 6.17. The van der Waals surface area contributed by atoms with E-state index in [0.29, 0.717) is 15.4 Å². The lowest BCUT2D eigenvalue weighted by Gasteiger charge is -2.29. The lowest BCUT2D eigenvalue weighted by molar-refractivity contribution is -0.190. The highest BCUT2D eigenvalue weighted by molar-refractivity contribution is 5.57. The molecule has 0 aliphatic carbocycles. The molecule has 3 rings (SSSR count). The Morgan fingerprint density at radius 3 is 2.46 bits per heavy atom. The fraction of sp³-hybridized carbons (Fsp3) is 0.467. The van der Waals surface area contributed by atoms with Gasteiger partial charge in [-0.3, -0.25) is 4.57 Å². The van der Waals surface area contributed by atoms with Gasteiger partial charge in [0.2, 0.25) is 0 Å². The van der Waals surface area contributed by atoms with Crippen molar-refractivity contribution in [2.45, 2.75) is 37.8 Å². The minimum absolute atomic E-state index is 0.0248. The van der Waals surface area contributed by atoms with Crippen LogP contribution in [-0.4, -0.2) is 31.8 Å². The molecule has 28 heavy (non-hydrogen) atoms. The Bertz CT molecular complexity index is 961. The summed E-state index contributed by atoms with van der Waals surface area (Å²) in [5, 5.41) is 3.77. The third-order valence-electron chi connectivity index (χ3n) is 4.45. The molecule has 1 aliphatic rings. The normalized spacial score (nSPS) is 20.1. The first-order valence-corrected chi connectivity index (χ1v) is 7.86. The summed E-state index contributed by atoms with van der Waals surface area (Å²) in [4.78, 5) is 26.6. The van der Waals surface area contributed by atoms with E-state index in [0.717, 1.165) is 6.07 Å². The highest BCUT2D eigenvalue weighted by Crippen LogP contribution is 2.39. The zero-order valence-corrected chi connectivity index (χ0v) is 13.8. The first kappa shape index (κ1) is 20.0. The highest BCUT2D eigenvalue weighted by atomic mass is 19.4. The number of aromatic nitrogens is 4. The summed E-state index contributed by atoms with van der Waals surface area (Å²) in [5.74, 6) is -3.94. The largest absolute Gasteiger partial charge is 0.436 e. The van der Waals surface area contributed by atoms with Crippen LogP contribution in [0.25, 0.3) is 0 Å². The number of aldehydes is 1. The summed E-state index contributed by atoms with van der Waals surface area (Å²) in [6.07, 6.45) is -9.89. The molecule has 0 fully saturated rings. The molecule has 2 unspecified atom stereocenters. The number of hydrogen-bond donors (Lipinski definition) is 0. The van der Waals surface area contributed by atoms with E-state index < -0.39 is 60.0 Å². The second-order valence-corrected chi connectivity index (χ2v) is 6.17. The molecule has 0 amide bonds. The van der Waals surface area contributed by atoms with Crippen LogP contribution in [0.5, 0.6) is 0 Å². The first-order valence-electron chi connectivity index (χ1n) is 7.86. The molecular weight excluding hydrogens is 401 g/mol. The van der Waals surface area contributed by atoms with E-state index in [1.54, 1.807) is 0 Å². The molecule has 13 heteroatoms. The number of pyridine rings is 1. The smallest absolute Gasteiger partial charge is 0.301 e. The van der Waals surface area contributed by atoms with Crippen LogP contribution in [0, 0.1) is 11.7 Å². The molecule has 0 bridgehead atoms. The Balaban J connectivity index is 2.02. The van der Waals surface area contributed by atoms with Crippen molar-refractivity contribution >= 4 is 6.29 Å². The van der Waals surface area contributed by atoms with Gasteiger partial charge in [0.1, 0.15) is 18.2 Å². The van der Waals surface area contributed by atoms with E-state index in [-0.39, 0.29) is 18.5 Å². The molecule has 0 aromatic carbocycles. The van der Waals surface area contributed by atoms with Crippen LogP contribution in [0.3, 0.4) is 0 Å². The quantitative estimate of drug-likeness (QED) is 0.574. The summed E-state index contributed by atoms with van der Waals surface area (Å²) < 4.78 is 92.7. The van der Waals surface area contributed by atoms with E-state index in [1.807, 2.05) is 0 Å². The highest BCUT2D eigenvalue weighted by Gasteiger charge is 2.48. The summed E-state index contributed by atoms with van der Waals surface area (Å²) in [5.41, 5.74) is -3.51. The lowest BCUT2D eigenvalue weighted by Crippen LogP contribution is -2.42. The molecule has 0 saturated heterocycles. The van der Waals surface area contributed by atoms with Crippen LogP contribution in [-0.2, 0) is 23.9 Å². The summed E-state index contributed by atoms with van der Waals surface area (Å²) >= 11 is 0. The van der Waals surface area contributed by atoms with Gasteiger partial charge >= 0.3 is 18.0 Å². The molecule has 2 atom stereocenters. The monoisotopic (exact) mass is 412 g/mol. The Morgan fingerprint density at radius 2 is 1.89 bits per heavy atom. The van der Waals surface area contributed by atoms with Gasteiger partial charge in [0.15, 0.2) is 11.5 Å². The molecule has 3 heterocycles. The molecule has 152 valence electrons. The molecule has 1 aliphatic heterocycles. The number of carbonyl (C=O) groups excluding carboxylic acids is 1. The number of rotatable bonds is 3. The van der Waals surface area contributed by atoms with Crippen molar-refractivity contribution in [1.82, 2.24) is 19.3 Å². The van der Waals surface area contributed by atoms with Crippen LogP contribution in [0.2, 0.25) is 0 Å². The Labute approximate surface area is 151 Å². The molecule has 0 spiro atoms. The van der Waals surface area contributed by atoms with Crippen molar-refractivity contribution in [2.75, 3.05) is 0 Å². The van der Waals surface area contributed by atoms with E-state index in [1.165, 1.54) is 0 Å². The van der Waals surface area contributed by atoms with Gasteiger partial charge in [-0.25, -0.2) is 18.9 Å². The molecule has 0 saturated carbocycles. The van der Waals surface area contributed by atoms with Crippen LogP contribution in [0.1, 0.15) is 29.5 Å². The van der Waals surface area contributed by atoms with Gasteiger partial charge in [0.25, 0.3) is 0 Å². The Kier molecular flexibility index (Phi) is 4.79. The number of alkyl halides is 6. The molecule has 2 aromatic heterocycles. The summed E-state index contributed by atoms with van der Waals surface area (Å²) in [6.45, 7) is -0.765. The predicted molar refractivity (Wildman–Crippen MR) is 77.8 cm³/mol. The van der Waals surface area contributed by atoms with Crippen molar-refractivity contribution < 1.29 is 35.5 Å². The summed E-state index contributed by atoms with van der Waals surface area (Å²) in [6, 6.07) is -0.955. The molecule has 6 nitrogen and oxygen atoms in total. The fourth-order valence-corrected chi connectivity index (χ4v) is 3.15. The summed E-state index contributed by atoms with van der Waals surface area (Å²) in [7, 11) is 0. The zero-order valence-electron chi connectivity index (χ0n) is 13.8. The van der Waals surface area contributed by atoms with Gasteiger partial charge in [-0.1, -0.05) is 0 Å². The van der Waals surface area contributed by atoms with E-state index in [9.17, 15) is 40.3 Å². The molecular formula is C15H11F7N4O2. The van der Waals surface area contributed by atoms with Crippen LogP contribution in [0.15, 0.2) is 17.1 Å². The maximum Gasteiger partial charge on any atom is 0.436 e. The van der Waals surface area contributed by atoms with Gasteiger partial charge < -0.3 is 4.79 Å². The Morgan fingerprint density at radius 1 is 1.21 bits per heavy atom. The lowest BCUT2D eigenvalue weighted by atomic mass is 9.91. The first-order chi connectivity index (χ1) is 12.9. The average Bonchev–Trinajstić information content (AvgIpc) is 2.90. The van der Waals surface area contributed by atoms with Crippen molar-refractivity contribution in [3.8, 4) is 0 Å². The molecule has 2 aromatic rings. The number of fused-ring (bicyclic) bond motifs is 1. The minimum Gasteiger partial charge on any atom is -0.301 e. The van der Waals surface area contributed by atoms with Gasteiger partial charge in [-0.2, -0.15) is 31.4 Å². The SMILES string of the molecule is O=CC1C(C(F)(F)F)CCc2nn(Cc3ccnc(C(F)(F)F)c3F)c(=O)n21. The van der Waals surface area contributed by atoms with Crippen molar-refractivity contribution in [3.05, 3.63) is 45.6 Å². The standard InChI is InChI=1S/C15H11F7N4O2/c16-11-7(3-4-23-12(11)15(20,21)22)5-25-13(28)26-9(6-27)8(14(17,18)19)1-2-10(26)24-25/h3-4,6,8-9H,1-2,5H2. The van der Waals surface area contributed by atoms with Crippen molar-refractivity contribution in [3.63, 3.8) is 0 Å². The third-order valence-corrected chi connectivity index (χ3v) is 4.45. The van der Waals surface area contributed by atoms with E-state index in [4.69, 9.17) is 0 Å². The van der Waals surface area contributed by atoms with Crippen LogP contribution >= 0.6 is 0 Å². The maximum atomic E-state index is 14.1. The van der Waals surface area contributed by atoms with Gasteiger partial charge in [0.05, 0.1) is 12.5 Å². The van der Waals surface area contributed by atoms with Gasteiger partial charge in [-0.05, 0) is 12.5 Å². The zero-order chi connectivity index (χ0) is 20.9. The topological polar surface area (TPSA) is 69.8 Å². The minimum atomic E-state index is -5.07. The van der Waals surface area contributed by atoms with Gasteiger partial charge in [0, 0.05) is 18.2 Å². The molecule has 0 radical (unpaired) electrons. The maximum absolute atomic E-state index is 14.1. The number of nitrogens with zero attached hydrogens (tertiary/aromatic N) is 4. The van der Waals surface area contributed by atoms with E-state index in [2.05, 4.69) is 10.1 Å². The third kappa shape index (κ3) is 3.40. The number of carbonyl (C=O) groups is 1. The van der Waals surface area contributed by atoms with Crippen LogP contribution < -0.4 is 5.69 Å². The number of aryl methyl sites for hydroxylation is 1. The van der Waals surface area contributed by atoms with Crippen LogP contribution in [0.4, 0.5) is 30.7 Å². The number of halogens is 7. The predicted octanol–water partition coefficient (Wildman–Crippen LogP) is 2.51. The fourth-order valence-electron chi connectivity index (χ4n) is 3.15.